The van der Waals surface area contributed by atoms with Gasteiger partial charge in [0.05, 0.1) is 12.1 Å². The number of β-amino-alcohol motifs (C(OH)–C–C–N with tert-alkyl or cyclic N) is 1. The predicted molar refractivity (Wildman–Crippen MR) is 90.9 cm³/mol. The molecule has 7 heteroatoms. The zero-order valence-corrected chi connectivity index (χ0v) is 15.0. The molecule has 0 saturated carbocycles. The first-order chi connectivity index (χ1) is 12.1. The number of fused-ring (bicyclic) bond motifs is 2. The molecule has 4 heterocycles. The van der Waals surface area contributed by atoms with Gasteiger partial charge in [0.2, 0.25) is 5.91 Å². The van der Waals surface area contributed by atoms with E-state index in [1.807, 2.05) is 4.90 Å². The Balaban J connectivity index is 1.54. The van der Waals surface area contributed by atoms with E-state index in [4.69, 9.17) is 4.74 Å². The number of hydrogen-bond acceptors (Lipinski definition) is 6. The molecule has 140 valence electrons. The number of carbonyl (C=O) groups excluding carboxylic acids is 2. The van der Waals surface area contributed by atoms with Crippen LogP contribution in [0.2, 0.25) is 0 Å². The molecule has 0 aromatic heterocycles. The van der Waals surface area contributed by atoms with Crippen LogP contribution in [0.4, 0.5) is 0 Å². The molecule has 1 spiro atoms. The molecular weight excluding hydrogens is 322 g/mol. The molecular formula is C18H29N3O4. The minimum atomic E-state index is -0.609. The summed E-state index contributed by atoms with van der Waals surface area (Å²) in [6.07, 6.45) is 3.75. The quantitative estimate of drug-likeness (QED) is 0.709. The van der Waals surface area contributed by atoms with Crippen molar-refractivity contribution in [3.63, 3.8) is 0 Å². The molecule has 0 unspecified atom stereocenters. The van der Waals surface area contributed by atoms with Crippen LogP contribution in [0.1, 0.15) is 39.0 Å². The number of unbranched alkanes of at least 4 members (excludes halogenated alkanes) is 1. The maximum Gasteiger partial charge on any atom is 0.252 e. The first-order valence-corrected chi connectivity index (χ1v) is 9.69. The van der Waals surface area contributed by atoms with E-state index in [-0.39, 0.29) is 17.9 Å². The first-order valence-electron chi connectivity index (χ1n) is 9.69. The Morgan fingerprint density at radius 2 is 1.96 bits per heavy atom. The van der Waals surface area contributed by atoms with Crippen molar-refractivity contribution in [2.45, 2.75) is 62.8 Å². The zero-order chi connectivity index (χ0) is 17.6. The number of hydrogen-bond donors (Lipinski definition) is 1. The second-order valence-corrected chi connectivity index (χ2v) is 7.99. The number of amides is 2. The van der Waals surface area contributed by atoms with Crippen LogP contribution in [-0.4, -0.2) is 94.7 Å². The molecule has 4 fully saturated rings. The van der Waals surface area contributed by atoms with E-state index in [0.717, 1.165) is 38.9 Å². The van der Waals surface area contributed by atoms with Crippen LogP contribution in [0.15, 0.2) is 0 Å². The van der Waals surface area contributed by atoms with Crippen molar-refractivity contribution in [2.75, 3.05) is 39.4 Å². The van der Waals surface area contributed by atoms with E-state index in [2.05, 4.69) is 11.8 Å². The van der Waals surface area contributed by atoms with Crippen LogP contribution >= 0.6 is 0 Å². The van der Waals surface area contributed by atoms with Gasteiger partial charge in [0.15, 0.2) is 0 Å². The Morgan fingerprint density at radius 3 is 2.64 bits per heavy atom. The fourth-order valence-electron chi connectivity index (χ4n) is 4.95. The Kier molecular flexibility index (Phi) is 4.60. The van der Waals surface area contributed by atoms with Crippen molar-refractivity contribution in [3.8, 4) is 0 Å². The van der Waals surface area contributed by atoms with Gasteiger partial charge in [0, 0.05) is 45.4 Å². The van der Waals surface area contributed by atoms with Crippen molar-refractivity contribution in [1.29, 1.82) is 0 Å². The molecule has 0 aromatic carbocycles. The molecule has 0 bridgehead atoms. The predicted octanol–water partition coefficient (Wildman–Crippen LogP) is -0.176. The summed E-state index contributed by atoms with van der Waals surface area (Å²) >= 11 is 0. The van der Waals surface area contributed by atoms with Crippen molar-refractivity contribution >= 4 is 11.8 Å². The molecule has 7 nitrogen and oxygen atoms in total. The van der Waals surface area contributed by atoms with Crippen LogP contribution in [0.5, 0.6) is 0 Å². The summed E-state index contributed by atoms with van der Waals surface area (Å²) in [4.78, 5) is 31.9. The van der Waals surface area contributed by atoms with Gasteiger partial charge in [-0.2, -0.15) is 0 Å². The van der Waals surface area contributed by atoms with Gasteiger partial charge in [-0.3, -0.25) is 24.3 Å². The van der Waals surface area contributed by atoms with E-state index in [1.165, 1.54) is 4.90 Å². The minimum absolute atomic E-state index is 0.0420. The lowest BCUT2D eigenvalue weighted by molar-refractivity contribution is -0.184. The van der Waals surface area contributed by atoms with Crippen molar-refractivity contribution in [1.82, 2.24) is 14.7 Å². The van der Waals surface area contributed by atoms with E-state index in [9.17, 15) is 14.7 Å². The van der Waals surface area contributed by atoms with Crippen LogP contribution in [-0.2, 0) is 14.3 Å². The SMILES string of the molecule is CCCCN1C(=O)[C@@H]2C[C@@H](O)CN2C2(CN(C3CCOCC3)C2)C1=O. The van der Waals surface area contributed by atoms with Gasteiger partial charge in [-0.25, -0.2) is 0 Å². The van der Waals surface area contributed by atoms with Gasteiger partial charge in [-0.1, -0.05) is 13.3 Å². The number of rotatable bonds is 4. The molecule has 4 saturated heterocycles. The van der Waals surface area contributed by atoms with Gasteiger partial charge in [-0.15, -0.1) is 0 Å². The second kappa shape index (κ2) is 6.61. The smallest absolute Gasteiger partial charge is 0.252 e. The fourth-order valence-corrected chi connectivity index (χ4v) is 4.95. The number of nitrogens with zero attached hydrogens (tertiary/aromatic N) is 3. The molecule has 2 atom stereocenters. The summed E-state index contributed by atoms with van der Waals surface area (Å²) in [6, 6.07) is 0.140. The summed E-state index contributed by atoms with van der Waals surface area (Å²) in [5, 5.41) is 10.1. The topological polar surface area (TPSA) is 73.3 Å². The van der Waals surface area contributed by atoms with E-state index in [0.29, 0.717) is 38.6 Å². The molecule has 0 radical (unpaired) electrons. The molecule has 2 amide bonds. The Morgan fingerprint density at radius 1 is 1.24 bits per heavy atom. The lowest BCUT2D eigenvalue weighted by Crippen LogP contribution is -2.82. The third kappa shape index (κ3) is 2.72. The molecule has 25 heavy (non-hydrogen) atoms. The van der Waals surface area contributed by atoms with Crippen LogP contribution in [0.3, 0.4) is 0 Å². The van der Waals surface area contributed by atoms with Gasteiger partial charge < -0.3 is 9.84 Å². The Hall–Kier alpha value is -1.02. The molecule has 4 aliphatic rings. The molecule has 0 aliphatic carbocycles. The summed E-state index contributed by atoms with van der Waals surface area (Å²) in [5.41, 5.74) is -0.609. The second-order valence-electron chi connectivity index (χ2n) is 7.99. The standard InChI is InChI=1S/C18H29N3O4/c1-2-3-6-20-16(23)15-9-14(22)10-21(15)18(17(20)24)11-19(12-18)13-4-7-25-8-5-13/h13-15,22H,2-12H2,1H3/t14-,15+/m1/s1. The molecule has 0 aromatic rings. The summed E-state index contributed by atoms with van der Waals surface area (Å²) < 4.78 is 5.45. The monoisotopic (exact) mass is 351 g/mol. The van der Waals surface area contributed by atoms with Gasteiger partial charge in [0.1, 0.15) is 5.54 Å². The van der Waals surface area contributed by atoms with E-state index in [1.54, 1.807) is 0 Å². The van der Waals surface area contributed by atoms with Crippen LogP contribution in [0.25, 0.3) is 0 Å². The highest BCUT2D eigenvalue weighted by Gasteiger charge is 2.64. The Labute approximate surface area is 148 Å². The normalized spacial score (nSPS) is 33.8. The number of likely N-dealkylation sites (tertiary alicyclic amines) is 1. The number of piperazine rings is 1. The van der Waals surface area contributed by atoms with E-state index < -0.39 is 11.6 Å². The number of aliphatic hydroxyl groups is 1. The van der Waals surface area contributed by atoms with Crippen molar-refractivity contribution in [2.24, 2.45) is 0 Å². The molecule has 4 aliphatic heterocycles. The summed E-state index contributed by atoms with van der Waals surface area (Å²) in [7, 11) is 0. The highest BCUT2D eigenvalue weighted by Crippen LogP contribution is 2.42. The molecule has 4 rings (SSSR count). The van der Waals surface area contributed by atoms with Crippen LogP contribution < -0.4 is 0 Å². The average molecular weight is 351 g/mol. The fraction of sp³-hybridized carbons (Fsp3) is 0.889. The average Bonchev–Trinajstić information content (AvgIpc) is 2.97. The maximum atomic E-state index is 13.3. The lowest BCUT2D eigenvalue weighted by atomic mass is 9.80. The zero-order valence-electron chi connectivity index (χ0n) is 15.0. The number of ether oxygens (including phenoxy) is 1. The highest BCUT2D eigenvalue weighted by atomic mass is 16.5. The molecule has 1 N–H and O–H groups in total. The largest absolute Gasteiger partial charge is 0.392 e. The van der Waals surface area contributed by atoms with Crippen molar-refractivity contribution < 1.29 is 19.4 Å². The first kappa shape index (κ1) is 17.4. The highest BCUT2D eigenvalue weighted by molar-refractivity contribution is 6.06. The van der Waals surface area contributed by atoms with Gasteiger partial charge in [-0.05, 0) is 25.7 Å². The third-order valence-corrected chi connectivity index (χ3v) is 6.39. The number of carbonyl (C=O) groups is 2. The Bertz CT molecular complexity index is 542. The maximum absolute atomic E-state index is 13.3. The minimum Gasteiger partial charge on any atom is -0.392 e. The third-order valence-electron chi connectivity index (χ3n) is 6.39. The number of aliphatic hydroxyl groups excluding tert-OH is 1. The van der Waals surface area contributed by atoms with Crippen LogP contribution in [0, 0.1) is 0 Å². The lowest BCUT2D eigenvalue weighted by Gasteiger charge is -2.60. The van der Waals surface area contributed by atoms with Crippen molar-refractivity contribution in [3.05, 3.63) is 0 Å². The summed E-state index contributed by atoms with van der Waals surface area (Å²) in [6.45, 7) is 5.93. The van der Waals surface area contributed by atoms with Gasteiger partial charge >= 0.3 is 0 Å². The van der Waals surface area contributed by atoms with E-state index >= 15 is 0 Å². The van der Waals surface area contributed by atoms with Gasteiger partial charge in [0.25, 0.3) is 5.91 Å². The number of imide groups is 1. The summed E-state index contributed by atoms with van der Waals surface area (Å²) in [5.74, 6) is -0.148.